The molecule has 1 saturated heterocycles. The van der Waals surface area contributed by atoms with Crippen LogP contribution in [0.25, 0.3) is 0 Å². The summed E-state index contributed by atoms with van der Waals surface area (Å²) in [7, 11) is -3.80. The highest BCUT2D eigenvalue weighted by Crippen LogP contribution is 2.28. The van der Waals surface area contributed by atoms with Gasteiger partial charge >= 0.3 is 5.97 Å². The molecule has 0 radical (unpaired) electrons. The number of benzene rings is 1. The van der Waals surface area contributed by atoms with Crippen LogP contribution in [0.4, 0.5) is 4.39 Å². The number of sulfonamides is 1. The summed E-state index contributed by atoms with van der Waals surface area (Å²) in [6.45, 7) is 3.41. The van der Waals surface area contributed by atoms with Crippen molar-refractivity contribution in [2.75, 3.05) is 13.1 Å². The third kappa shape index (κ3) is 4.19. The minimum atomic E-state index is -3.80. The molecule has 0 bridgehead atoms. The van der Waals surface area contributed by atoms with Crippen molar-refractivity contribution in [1.29, 1.82) is 0 Å². The van der Waals surface area contributed by atoms with Crippen LogP contribution in [-0.4, -0.2) is 36.9 Å². The summed E-state index contributed by atoms with van der Waals surface area (Å²) >= 11 is 0. The Morgan fingerprint density at radius 3 is 2.85 bits per heavy atom. The molecule has 0 spiro atoms. The van der Waals surface area contributed by atoms with Crippen molar-refractivity contribution < 1.29 is 26.9 Å². The molecule has 0 saturated carbocycles. The zero-order valence-corrected chi connectivity index (χ0v) is 16.0. The van der Waals surface area contributed by atoms with Gasteiger partial charge in [-0.2, -0.15) is 4.31 Å². The zero-order chi connectivity index (χ0) is 19.6. The SMILES string of the molecule is Cc1noc(C)c1S(=O)(=O)N1CCCC(C(=O)OCc2cccc(F)c2)C1. The number of aryl methyl sites for hydroxylation is 2. The van der Waals surface area contributed by atoms with Crippen molar-refractivity contribution in [3.05, 3.63) is 47.1 Å². The summed E-state index contributed by atoms with van der Waals surface area (Å²) in [5.41, 5.74) is 0.836. The molecule has 1 aliphatic heterocycles. The molecule has 2 heterocycles. The first-order valence-electron chi connectivity index (χ1n) is 8.63. The van der Waals surface area contributed by atoms with Crippen LogP contribution >= 0.6 is 0 Å². The lowest BCUT2D eigenvalue weighted by molar-refractivity contribution is -0.151. The maximum Gasteiger partial charge on any atom is 0.310 e. The molecule has 1 aliphatic rings. The number of hydrogen-bond acceptors (Lipinski definition) is 6. The second kappa shape index (κ2) is 7.77. The van der Waals surface area contributed by atoms with Crippen molar-refractivity contribution in [3.8, 4) is 0 Å². The van der Waals surface area contributed by atoms with Crippen LogP contribution in [0, 0.1) is 25.6 Å². The average molecular weight is 396 g/mol. The van der Waals surface area contributed by atoms with Crippen molar-refractivity contribution in [1.82, 2.24) is 9.46 Å². The standard InChI is InChI=1S/C18H21FN2O5S/c1-12-17(13(2)26-20-12)27(23,24)21-8-4-6-15(10-21)18(22)25-11-14-5-3-7-16(19)9-14/h3,5,7,9,15H,4,6,8,10-11H2,1-2H3. The second-order valence-corrected chi connectivity index (χ2v) is 8.47. The predicted molar refractivity (Wildman–Crippen MR) is 93.7 cm³/mol. The summed E-state index contributed by atoms with van der Waals surface area (Å²) in [6, 6.07) is 5.80. The van der Waals surface area contributed by atoms with Crippen LogP contribution in [0.5, 0.6) is 0 Å². The average Bonchev–Trinajstić information content (AvgIpc) is 2.99. The summed E-state index contributed by atoms with van der Waals surface area (Å²) in [5, 5.41) is 3.70. The lowest BCUT2D eigenvalue weighted by atomic mass is 10.00. The van der Waals surface area contributed by atoms with Gasteiger partial charge < -0.3 is 9.26 Å². The molecule has 146 valence electrons. The number of halogens is 1. The molecule has 2 aromatic rings. The maximum absolute atomic E-state index is 13.2. The molecule has 1 atom stereocenters. The van der Waals surface area contributed by atoms with Crippen LogP contribution in [0.3, 0.4) is 0 Å². The molecular weight excluding hydrogens is 375 g/mol. The van der Waals surface area contributed by atoms with Gasteiger partial charge in [-0.3, -0.25) is 4.79 Å². The minimum absolute atomic E-state index is 0.0361. The first-order valence-corrected chi connectivity index (χ1v) is 10.1. The third-order valence-corrected chi connectivity index (χ3v) is 6.66. The third-order valence-electron chi connectivity index (χ3n) is 4.55. The van der Waals surface area contributed by atoms with Gasteiger partial charge in [0.1, 0.15) is 23.0 Å². The summed E-state index contributed by atoms with van der Waals surface area (Å²) in [6.07, 6.45) is 1.08. The lowest BCUT2D eigenvalue weighted by Crippen LogP contribution is -2.43. The fourth-order valence-corrected chi connectivity index (χ4v) is 5.04. The first-order chi connectivity index (χ1) is 12.8. The van der Waals surface area contributed by atoms with Crippen LogP contribution in [0.2, 0.25) is 0 Å². The van der Waals surface area contributed by atoms with Gasteiger partial charge in [-0.25, -0.2) is 12.8 Å². The van der Waals surface area contributed by atoms with Crippen LogP contribution in [0.15, 0.2) is 33.7 Å². The Morgan fingerprint density at radius 2 is 2.19 bits per heavy atom. The van der Waals surface area contributed by atoms with E-state index < -0.39 is 27.7 Å². The van der Waals surface area contributed by atoms with Gasteiger partial charge in [0.15, 0.2) is 5.76 Å². The van der Waals surface area contributed by atoms with Crippen LogP contribution in [0.1, 0.15) is 29.9 Å². The van der Waals surface area contributed by atoms with Gasteiger partial charge in [-0.15, -0.1) is 0 Å². The zero-order valence-electron chi connectivity index (χ0n) is 15.1. The highest BCUT2D eigenvalue weighted by atomic mass is 32.2. The van der Waals surface area contributed by atoms with Gasteiger partial charge in [0, 0.05) is 13.1 Å². The van der Waals surface area contributed by atoms with E-state index in [1.54, 1.807) is 19.9 Å². The highest BCUT2D eigenvalue weighted by molar-refractivity contribution is 7.89. The summed E-state index contributed by atoms with van der Waals surface area (Å²) in [4.78, 5) is 12.4. The van der Waals surface area contributed by atoms with Gasteiger partial charge in [0.25, 0.3) is 0 Å². The molecule has 1 fully saturated rings. The lowest BCUT2D eigenvalue weighted by Gasteiger charge is -2.30. The number of ether oxygens (including phenoxy) is 1. The number of hydrogen-bond donors (Lipinski definition) is 0. The maximum atomic E-state index is 13.2. The van der Waals surface area contributed by atoms with Gasteiger partial charge in [0.05, 0.1) is 5.92 Å². The number of piperidine rings is 1. The smallest absolute Gasteiger partial charge is 0.310 e. The van der Waals surface area contributed by atoms with Crippen molar-refractivity contribution in [2.45, 2.75) is 38.2 Å². The van der Waals surface area contributed by atoms with E-state index in [1.807, 2.05) is 0 Å². The fraction of sp³-hybridized carbons (Fsp3) is 0.444. The monoisotopic (exact) mass is 396 g/mol. The van der Waals surface area contributed by atoms with Crippen LogP contribution < -0.4 is 0 Å². The molecular formula is C18H21FN2O5S. The predicted octanol–water partition coefficient (Wildman–Crippen LogP) is 2.57. The summed E-state index contributed by atoms with van der Waals surface area (Å²) in [5.74, 6) is -1.23. The van der Waals surface area contributed by atoms with Crippen molar-refractivity contribution in [3.63, 3.8) is 0 Å². The second-order valence-electron chi connectivity index (χ2n) is 6.59. The molecule has 0 aliphatic carbocycles. The molecule has 27 heavy (non-hydrogen) atoms. The van der Waals surface area contributed by atoms with E-state index in [1.165, 1.54) is 22.5 Å². The number of aromatic nitrogens is 1. The molecule has 0 N–H and O–H groups in total. The van der Waals surface area contributed by atoms with Gasteiger partial charge in [-0.1, -0.05) is 17.3 Å². The quantitative estimate of drug-likeness (QED) is 0.722. The van der Waals surface area contributed by atoms with Crippen molar-refractivity contribution in [2.24, 2.45) is 5.92 Å². The van der Waals surface area contributed by atoms with E-state index in [4.69, 9.17) is 9.26 Å². The number of rotatable bonds is 5. The Kier molecular flexibility index (Phi) is 5.61. The first kappa shape index (κ1) is 19.5. The van der Waals surface area contributed by atoms with E-state index in [0.29, 0.717) is 30.6 Å². The largest absolute Gasteiger partial charge is 0.461 e. The topological polar surface area (TPSA) is 89.7 Å². The Balaban J connectivity index is 1.67. The molecule has 7 nitrogen and oxygen atoms in total. The Labute approximate surface area is 157 Å². The van der Waals surface area contributed by atoms with Gasteiger partial charge in [-0.05, 0) is 44.4 Å². The molecule has 1 aromatic carbocycles. The summed E-state index contributed by atoms with van der Waals surface area (Å²) < 4.78 is 50.5. The van der Waals surface area contributed by atoms with E-state index in [-0.39, 0.29) is 23.8 Å². The van der Waals surface area contributed by atoms with Gasteiger partial charge in [0.2, 0.25) is 10.0 Å². The van der Waals surface area contributed by atoms with Crippen LogP contribution in [-0.2, 0) is 26.2 Å². The number of carbonyl (C=O) groups excluding carboxylic acids is 1. The fourth-order valence-electron chi connectivity index (χ4n) is 3.22. The molecule has 0 amide bonds. The van der Waals surface area contributed by atoms with E-state index in [0.717, 1.165) is 0 Å². The van der Waals surface area contributed by atoms with E-state index in [9.17, 15) is 17.6 Å². The Morgan fingerprint density at radius 1 is 1.41 bits per heavy atom. The van der Waals surface area contributed by atoms with Crippen molar-refractivity contribution >= 4 is 16.0 Å². The number of nitrogens with zero attached hydrogens (tertiary/aromatic N) is 2. The van der Waals surface area contributed by atoms with E-state index in [2.05, 4.69) is 5.16 Å². The normalized spacial score (nSPS) is 18.4. The van der Waals surface area contributed by atoms with E-state index >= 15 is 0 Å². The highest BCUT2D eigenvalue weighted by Gasteiger charge is 2.37. The number of esters is 1. The number of carbonyl (C=O) groups is 1. The Hall–Kier alpha value is -2.26. The molecule has 3 rings (SSSR count). The molecule has 9 heteroatoms. The minimum Gasteiger partial charge on any atom is -0.461 e. The molecule has 1 unspecified atom stereocenters. The Bertz CT molecular complexity index is 921. The molecule has 1 aromatic heterocycles.